The molecular formula is C22H34O3. The van der Waals surface area contributed by atoms with Gasteiger partial charge in [-0.1, -0.05) is 88.6 Å². The third kappa shape index (κ3) is 12.4. The summed E-state index contributed by atoms with van der Waals surface area (Å²) in [6.45, 7) is 2.85. The molecule has 3 heteroatoms. The molecular weight excluding hydrogens is 312 g/mol. The van der Waals surface area contributed by atoms with Gasteiger partial charge in [0, 0.05) is 0 Å². The Hall–Kier alpha value is -1.61. The summed E-state index contributed by atoms with van der Waals surface area (Å²) >= 11 is 0. The average molecular weight is 347 g/mol. The Balaban J connectivity index is 1.99. The lowest BCUT2D eigenvalue weighted by Gasteiger charge is -2.07. The number of allylic oxidation sites excluding steroid dienone is 2. The number of benzene rings is 1. The molecule has 0 saturated carbocycles. The topological polar surface area (TPSA) is 35.5 Å². The van der Waals surface area contributed by atoms with Crippen LogP contribution in [0.5, 0.6) is 0 Å². The van der Waals surface area contributed by atoms with Gasteiger partial charge in [0.1, 0.15) is 0 Å². The molecule has 0 fully saturated rings. The molecule has 140 valence electrons. The van der Waals surface area contributed by atoms with E-state index < -0.39 is 0 Å². The molecule has 0 atom stereocenters. The summed E-state index contributed by atoms with van der Waals surface area (Å²) in [5, 5.41) is 0. The van der Waals surface area contributed by atoms with Crippen LogP contribution in [-0.4, -0.2) is 13.1 Å². The number of ether oxygens (including phenoxy) is 2. The average Bonchev–Trinajstić information content (AvgIpc) is 2.65. The molecule has 0 aromatic heterocycles. The van der Waals surface area contributed by atoms with Gasteiger partial charge in [0.25, 0.3) is 0 Å². The fourth-order valence-electron chi connectivity index (χ4n) is 2.68. The number of rotatable bonds is 16. The van der Waals surface area contributed by atoms with Crippen molar-refractivity contribution in [1.29, 1.82) is 0 Å². The van der Waals surface area contributed by atoms with Crippen LogP contribution in [0.3, 0.4) is 0 Å². The summed E-state index contributed by atoms with van der Waals surface area (Å²) in [5.74, 6) is 0.382. The number of carbonyl (C=O) groups excluding carboxylic acids is 1. The maximum atomic E-state index is 11.0. The number of aldehydes is 1. The van der Waals surface area contributed by atoms with Crippen LogP contribution in [0.4, 0.5) is 0 Å². The fourth-order valence-corrected chi connectivity index (χ4v) is 2.68. The minimum Gasteiger partial charge on any atom is -0.464 e. The SMILES string of the molecule is CCCCCCCCCCC/C=C(\C=O)OCOCc1ccccc1. The van der Waals surface area contributed by atoms with E-state index in [1.54, 1.807) is 0 Å². The van der Waals surface area contributed by atoms with Crippen LogP contribution in [0, 0.1) is 0 Å². The zero-order chi connectivity index (χ0) is 18.0. The van der Waals surface area contributed by atoms with Crippen molar-refractivity contribution in [3.05, 3.63) is 47.7 Å². The molecule has 0 aliphatic heterocycles. The lowest BCUT2D eigenvalue weighted by molar-refractivity contribution is -0.111. The van der Waals surface area contributed by atoms with Crippen LogP contribution in [0.15, 0.2) is 42.2 Å². The molecule has 0 aliphatic carbocycles. The molecule has 1 aromatic rings. The Morgan fingerprint density at radius 3 is 2.20 bits per heavy atom. The van der Waals surface area contributed by atoms with E-state index in [-0.39, 0.29) is 6.79 Å². The fraction of sp³-hybridized carbons (Fsp3) is 0.591. The first-order valence-electron chi connectivity index (χ1n) is 9.76. The van der Waals surface area contributed by atoms with Crippen molar-refractivity contribution < 1.29 is 14.3 Å². The molecule has 0 unspecified atom stereocenters. The molecule has 25 heavy (non-hydrogen) atoms. The minimum absolute atomic E-state index is 0.108. The van der Waals surface area contributed by atoms with Crippen LogP contribution in [0.1, 0.15) is 76.7 Å². The summed E-state index contributed by atoms with van der Waals surface area (Å²) in [4.78, 5) is 11.0. The lowest BCUT2D eigenvalue weighted by atomic mass is 10.1. The van der Waals surface area contributed by atoms with Gasteiger partial charge in [-0.2, -0.15) is 0 Å². The van der Waals surface area contributed by atoms with Gasteiger partial charge < -0.3 is 9.47 Å². The van der Waals surface area contributed by atoms with Gasteiger partial charge in [0.2, 0.25) is 0 Å². The number of carbonyl (C=O) groups is 1. The lowest BCUT2D eigenvalue weighted by Crippen LogP contribution is -2.01. The molecule has 0 N–H and O–H groups in total. The largest absolute Gasteiger partial charge is 0.464 e. The minimum atomic E-state index is 0.108. The van der Waals surface area contributed by atoms with Gasteiger partial charge in [-0.15, -0.1) is 0 Å². The van der Waals surface area contributed by atoms with Crippen molar-refractivity contribution in [2.24, 2.45) is 0 Å². The Morgan fingerprint density at radius 2 is 1.56 bits per heavy atom. The second-order valence-corrected chi connectivity index (χ2v) is 6.44. The van der Waals surface area contributed by atoms with Gasteiger partial charge in [0.15, 0.2) is 18.8 Å². The molecule has 0 spiro atoms. The molecule has 3 nitrogen and oxygen atoms in total. The van der Waals surface area contributed by atoms with Gasteiger partial charge in [-0.05, 0) is 24.5 Å². The Labute approximate surface area is 153 Å². The first-order valence-corrected chi connectivity index (χ1v) is 9.76. The maximum absolute atomic E-state index is 11.0. The van der Waals surface area contributed by atoms with Gasteiger partial charge in [-0.3, -0.25) is 4.79 Å². The first kappa shape index (κ1) is 21.4. The summed E-state index contributed by atoms with van der Waals surface area (Å²) in [5.41, 5.74) is 1.09. The van der Waals surface area contributed by atoms with Gasteiger partial charge in [0.05, 0.1) is 6.61 Å². The summed E-state index contributed by atoms with van der Waals surface area (Å²) in [7, 11) is 0. The highest BCUT2D eigenvalue weighted by Crippen LogP contribution is 2.11. The standard InChI is InChI=1S/C22H34O3/c1-2-3-4-5-6-7-8-9-10-14-17-22(18-23)25-20-24-19-21-15-12-11-13-16-21/h11-13,15-18H,2-10,14,19-20H2,1H3/b22-17+. The van der Waals surface area contributed by atoms with Crippen molar-refractivity contribution >= 4 is 6.29 Å². The van der Waals surface area contributed by atoms with Crippen molar-refractivity contribution in [2.45, 2.75) is 77.7 Å². The molecule has 0 bridgehead atoms. The van der Waals surface area contributed by atoms with Crippen LogP contribution in [0.25, 0.3) is 0 Å². The van der Waals surface area contributed by atoms with E-state index >= 15 is 0 Å². The second-order valence-electron chi connectivity index (χ2n) is 6.44. The van der Waals surface area contributed by atoms with E-state index in [1.165, 1.54) is 51.4 Å². The van der Waals surface area contributed by atoms with Crippen molar-refractivity contribution in [3.8, 4) is 0 Å². The van der Waals surface area contributed by atoms with Gasteiger partial charge >= 0.3 is 0 Å². The van der Waals surface area contributed by atoms with Crippen LogP contribution < -0.4 is 0 Å². The summed E-state index contributed by atoms with van der Waals surface area (Å²) in [6.07, 6.45) is 15.3. The first-order chi connectivity index (χ1) is 12.4. The normalized spacial score (nSPS) is 11.5. The van der Waals surface area contributed by atoms with E-state index in [4.69, 9.17) is 9.47 Å². The zero-order valence-electron chi connectivity index (χ0n) is 15.8. The monoisotopic (exact) mass is 346 g/mol. The highest BCUT2D eigenvalue weighted by Gasteiger charge is 1.98. The van der Waals surface area contributed by atoms with Crippen molar-refractivity contribution in [3.63, 3.8) is 0 Å². The predicted molar refractivity (Wildman–Crippen MR) is 103 cm³/mol. The summed E-state index contributed by atoms with van der Waals surface area (Å²) < 4.78 is 10.8. The quantitative estimate of drug-likeness (QED) is 0.118. The van der Waals surface area contributed by atoms with E-state index in [1.807, 2.05) is 36.4 Å². The van der Waals surface area contributed by atoms with Crippen LogP contribution in [0.2, 0.25) is 0 Å². The molecule has 0 heterocycles. The highest BCUT2D eigenvalue weighted by molar-refractivity contribution is 5.69. The molecule has 0 amide bonds. The van der Waals surface area contributed by atoms with Crippen molar-refractivity contribution in [2.75, 3.05) is 6.79 Å². The molecule has 0 saturated heterocycles. The van der Waals surface area contributed by atoms with Gasteiger partial charge in [-0.25, -0.2) is 0 Å². The summed E-state index contributed by atoms with van der Waals surface area (Å²) in [6, 6.07) is 9.92. The molecule has 0 radical (unpaired) electrons. The number of unbranched alkanes of at least 4 members (excludes halogenated alkanes) is 9. The zero-order valence-corrected chi connectivity index (χ0v) is 15.8. The smallest absolute Gasteiger partial charge is 0.189 e. The van der Waals surface area contributed by atoms with E-state index in [9.17, 15) is 4.79 Å². The Kier molecular flexibility index (Phi) is 13.6. The molecule has 1 rings (SSSR count). The maximum Gasteiger partial charge on any atom is 0.189 e. The third-order valence-corrected chi connectivity index (χ3v) is 4.19. The van der Waals surface area contributed by atoms with E-state index in [2.05, 4.69) is 6.92 Å². The third-order valence-electron chi connectivity index (χ3n) is 4.19. The molecule has 1 aromatic carbocycles. The molecule has 0 aliphatic rings. The van der Waals surface area contributed by atoms with E-state index in [0.29, 0.717) is 12.4 Å². The number of hydrogen-bond donors (Lipinski definition) is 0. The predicted octanol–water partition coefficient (Wildman–Crippen LogP) is 6.18. The highest BCUT2D eigenvalue weighted by atomic mass is 16.7. The number of hydrogen-bond acceptors (Lipinski definition) is 3. The van der Waals surface area contributed by atoms with Crippen LogP contribution in [-0.2, 0) is 20.9 Å². The van der Waals surface area contributed by atoms with Crippen LogP contribution >= 0.6 is 0 Å². The Bertz CT molecular complexity index is 454. The van der Waals surface area contributed by atoms with E-state index in [0.717, 1.165) is 24.7 Å². The Morgan fingerprint density at radius 1 is 0.920 bits per heavy atom. The second kappa shape index (κ2) is 15.9. The van der Waals surface area contributed by atoms with Crippen molar-refractivity contribution in [1.82, 2.24) is 0 Å².